The predicted molar refractivity (Wildman–Crippen MR) is 164 cm³/mol. The van der Waals surface area contributed by atoms with E-state index in [4.69, 9.17) is 32.7 Å². The molecule has 0 spiro atoms. The zero-order chi connectivity index (χ0) is 30.6. The zero-order valence-electron chi connectivity index (χ0n) is 23.1. The second-order valence-electron chi connectivity index (χ2n) is 9.26. The van der Waals surface area contributed by atoms with E-state index >= 15 is 0 Å². The van der Waals surface area contributed by atoms with Crippen LogP contribution in [-0.4, -0.2) is 45.0 Å². The molecule has 0 unspecified atom stereocenters. The minimum absolute atomic E-state index is 0.0224. The number of rotatable bonds is 11. The number of aromatic nitrogens is 1. The molecule has 0 bridgehead atoms. The van der Waals surface area contributed by atoms with Crippen LogP contribution in [0.1, 0.15) is 32.1 Å². The van der Waals surface area contributed by atoms with Gasteiger partial charge in [0.1, 0.15) is 5.75 Å². The third-order valence-electron chi connectivity index (χ3n) is 6.55. The Morgan fingerprint density at radius 2 is 1.62 bits per heavy atom. The number of esters is 1. The molecule has 11 heteroatoms. The van der Waals surface area contributed by atoms with Gasteiger partial charge in [0, 0.05) is 27.7 Å². The number of Topliss-reactive ketones (excluding diaryl/α,β-unsaturated/α-hetero) is 1. The predicted octanol–water partition coefficient (Wildman–Crippen LogP) is 6.83. The van der Waals surface area contributed by atoms with Crippen LogP contribution < -0.4 is 9.04 Å². The number of ketones is 1. The van der Waals surface area contributed by atoms with Crippen molar-refractivity contribution in [3.63, 3.8) is 0 Å². The molecule has 0 aliphatic carbocycles. The van der Waals surface area contributed by atoms with Crippen LogP contribution in [-0.2, 0) is 14.8 Å². The van der Waals surface area contributed by atoms with Crippen molar-refractivity contribution in [2.45, 2.75) is 18.7 Å². The van der Waals surface area contributed by atoms with Gasteiger partial charge in [0.25, 0.3) is 10.0 Å². The van der Waals surface area contributed by atoms with Gasteiger partial charge >= 0.3 is 5.97 Å². The van der Waals surface area contributed by atoms with Gasteiger partial charge < -0.3 is 14.0 Å². The molecule has 8 nitrogen and oxygen atoms in total. The lowest BCUT2D eigenvalue weighted by Crippen LogP contribution is -2.31. The highest BCUT2D eigenvalue weighted by Gasteiger charge is 2.27. The van der Waals surface area contributed by atoms with Gasteiger partial charge in [0.05, 0.1) is 34.8 Å². The first kappa shape index (κ1) is 30.9. The first-order chi connectivity index (χ1) is 20.0. The van der Waals surface area contributed by atoms with E-state index < -0.39 is 28.4 Å². The van der Waals surface area contributed by atoms with Gasteiger partial charge in [-0.25, -0.2) is 13.2 Å². The van der Waals surface area contributed by atoms with Crippen LogP contribution in [0.25, 0.3) is 5.69 Å². The second-order valence-corrected chi connectivity index (χ2v) is 12.0. The van der Waals surface area contributed by atoms with Gasteiger partial charge in [-0.1, -0.05) is 29.3 Å². The minimum atomic E-state index is -4.14. The second kappa shape index (κ2) is 12.9. The number of carbonyl (C=O) groups excluding carboxylic acids is 2. The fourth-order valence-corrected chi connectivity index (χ4v) is 6.26. The first-order valence-electron chi connectivity index (χ1n) is 12.7. The van der Waals surface area contributed by atoms with E-state index in [2.05, 4.69) is 6.58 Å². The molecule has 1 heterocycles. The van der Waals surface area contributed by atoms with Crippen LogP contribution in [0, 0.1) is 13.8 Å². The van der Waals surface area contributed by atoms with Gasteiger partial charge in [0.15, 0.2) is 6.61 Å². The molecule has 4 rings (SSSR count). The van der Waals surface area contributed by atoms with E-state index in [9.17, 15) is 18.0 Å². The minimum Gasteiger partial charge on any atom is -0.497 e. The summed E-state index contributed by atoms with van der Waals surface area (Å²) in [4.78, 5) is 25.9. The van der Waals surface area contributed by atoms with Crippen LogP contribution in [0.4, 0.5) is 5.69 Å². The quantitative estimate of drug-likeness (QED) is 0.103. The Labute approximate surface area is 254 Å². The van der Waals surface area contributed by atoms with E-state index in [1.54, 1.807) is 44.4 Å². The number of carbonyl (C=O) groups is 2. The molecule has 0 saturated heterocycles. The molecular formula is C31H28Cl2N2O6S. The van der Waals surface area contributed by atoms with Gasteiger partial charge in [0.2, 0.25) is 5.78 Å². The Kier molecular flexibility index (Phi) is 9.46. The number of hydrogen-bond acceptors (Lipinski definition) is 6. The lowest BCUT2D eigenvalue weighted by molar-refractivity contribution is 0.0474. The molecule has 0 amide bonds. The Bertz CT molecular complexity index is 1750. The molecule has 42 heavy (non-hydrogen) atoms. The first-order valence-corrected chi connectivity index (χ1v) is 14.9. The Morgan fingerprint density at radius 3 is 2.24 bits per heavy atom. The highest BCUT2D eigenvalue weighted by Crippen LogP contribution is 2.29. The Morgan fingerprint density at radius 1 is 0.952 bits per heavy atom. The Hall–Kier alpha value is -4.05. The van der Waals surface area contributed by atoms with Crippen LogP contribution in [0.15, 0.2) is 90.3 Å². The molecule has 0 atom stereocenters. The van der Waals surface area contributed by atoms with Crippen molar-refractivity contribution in [3.8, 4) is 11.4 Å². The Balaban J connectivity index is 1.55. The van der Waals surface area contributed by atoms with Gasteiger partial charge in [-0.2, -0.15) is 0 Å². The van der Waals surface area contributed by atoms with Crippen molar-refractivity contribution in [2.24, 2.45) is 0 Å². The molecule has 0 aliphatic rings. The largest absolute Gasteiger partial charge is 0.497 e. The SMILES string of the molecule is C=CCN(c1ccc(Cl)cc1)S(=O)(=O)c1ccc(Cl)c(C(=O)OCC(=O)c2cc(C)n(-c3ccc(OC)cc3)c2C)c1. The van der Waals surface area contributed by atoms with Crippen LogP contribution in [0.3, 0.4) is 0 Å². The molecule has 218 valence electrons. The van der Waals surface area contributed by atoms with Crippen LogP contribution in [0.5, 0.6) is 5.75 Å². The molecule has 0 aliphatic heterocycles. The number of anilines is 1. The standard InChI is InChI=1S/C31H28Cl2N2O6S/c1-5-16-34(23-8-6-22(32)7-9-23)42(38,39)26-14-15-29(33)28(18-26)31(37)41-19-30(36)27-17-20(2)35(21(27)3)24-10-12-25(40-4)13-11-24/h5-15,17-18H,1,16,19H2,2-4H3. The average molecular weight is 628 g/mol. The zero-order valence-corrected chi connectivity index (χ0v) is 25.5. The number of sulfonamides is 1. The number of aryl methyl sites for hydroxylation is 1. The summed E-state index contributed by atoms with van der Waals surface area (Å²) in [6, 6.07) is 19.1. The summed E-state index contributed by atoms with van der Waals surface area (Å²) in [5.74, 6) is -0.648. The highest BCUT2D eigenvalue weighted by atomic mass is 35.5. The summed E-state index contributed by atoms with van der Waals surface area (Å²) in [7, 11) is -2.56. The molecule has 3 aromatic carbocycles. The van der Waals surface area contributed by atoms with Crippen molar-refractivity contribution in [1.29, 1.82) is 0 Å². The van der Waals surface area contributed by atoms with E-state index in [1.807, 2.05) is 35.8 Å². The number of benzene rings is 3. The van der Waals surface area contributed by atoms with Crippen molar-refractivity contribution < 1.29 is 27.5 Å². The number of methoxy groups -OCH3 is 1. The number of hydrogen-bond donors (Lipinski definition) is 0. The normalized spacial score (nSPS) is 11.2. The topological polar surface area (TPSA) is 94.9 Å². The third-order valence-corrected chi connectivity index (χ3v) is 8.92. The monoisotopic (exact) mass is 626 g/mol. The summed E-state index contributed by atoms with van der Waals surface area (Å²) in [6.45, 7) is 6.72. The molecule has 0 fully saturated rings. The number of ether oxygens (including phenoxy) is 2. The summed E-state index contributed by atoms with van der Waals surface area (Å²) < 4.78 is 40.7. The van der Waals surface area contributed by atoms with Crippen molar-refractivity contribution >= 4 is 50.7 Å². The smallest absolute Gasteiger partial charge is 0.340 e. The maximum Gasteiger partial charge on any atom is 0.340 e. The molecule has 0 radical (unpaired) electrons. The van der Waals surface area contributed by atoms with Crippen molar-refractivity contribution in [3.05, 3.63) is 118 Å². The van der Waals surface area contributed by atoms with E-state index in [0.29, 0.717) is 27.7 Å². The van der Waals surface area contributed by atoms with E-state index in [0.717, 1.165) is 21.8 Å². The third kappa shape index (κ3) is 6.38. The van der Waals surface area contributed by atoms with E-state index in [1.165, 1.54) is 18.2 Å². The summed E-state index contributed by atoms with van der Waals surface area (Å²) in [5, 5.41) is 0.425. The summed E-state index contributed by atoms with van der Waals surface area (Å²) >= 11 is 12.2. The van der Waals surface area contributed by atoms with Gasteiger partial charge in [-0.3, -0.25) is 9.10 Å². The molecule has 0 saturated carbocycles. The fraction of sp³-hybridized carbons (Fsp3) is 0.161. The van der Waals surface area contributed by atoms with Crippen molar-refractivity contribution in [1.82, 2.24) is 4.57 Å². The highest BCUT2D eigenvalue weighted by molar-refractivity contribution is 7.92. The van der Waals surface area contributed by atoms with Gasteiger partial charge in [-0.05, 0) is 86.6 Å². The van der Waals surface area contributed by atoms with Gasteiger partial charge in [-0.15, -0.1) is 6.58 Å². The number of halogens is 2. The average Bonchev–Trinajstić information content (AvgIpc) is 3.28. The molecular weight excluding hydrogens is 599 g/mol. The molecule has 4 aromatic rings. The van der Waals surface area contributed by atoms with Crippen LogP contribution in [0.2, 0.25) is 10.0 Å². The fourth-order valence-electron chi connectivity index (χ4n) is 4.48. The number of nitrogens with zero attached hydrogens (tertiary/aromatic N) is 2. The maximum absolute atomic E-state index is 13.6. The molecule has 0 N–H and O–H groups in total. The van der Waals surface area contributed by atoms with E-state index in [-0.39, 0.29) is 22.0 Å². The lowest BCUT2D eigenvalue weighted by Gasteiger charge is -2.23. The maximum atomic E-state index is 13.6. The van der Waals surface area contributed by atoms with Crippen molar-refractivity contribution in [2.75, 3.05) is 24.6 Å². The van der Waals surface area contributed by atoms with Crippen LogP contribution >= 0.6 is 23.2 Å². The summed E-state index contributed by atoms with van der Waals surface area (Å²) in [6.07, 6.45) is 1.44. The summed E-state index contributed by atoms with van der Waals surface area (Å²) in [5.41, 5.74) is 2.89. The lowest BCUT2D eigenvalue weighted by atomic mass is 10.1. The molecule has 1 aromatic heterocycles.